The summed E-state index contributed by atoms with van der Waals surface area (Å²) >= 11 is 1.10. The molecule has 0 aliphatic rings. The Morgan fingerprint density at radius 1 is 1.19 bits per heavy atom. The minimum atomic E-state index is -1.25. The zero-order valence-electron chi connectivity index (χ0n) is 16.6. The van der Waals surface area contributed by atoms with Crippen LogP contribution in [0.2, 0.25) is 0 Å². The Hall–Kier alpha value is -2.00. The number of aliphatic hydroxyl groups excluding tert-OH is 1. The van der Waals surface area contributed by atoms with Crippen LogP contribution in [0.4, 0.5) is 5.13 Å². The SMILES string of the molecule is CCC[C@H](NC(=O)[C@@H](O)C(C)(C)C)C(=O)Nc1nc(C(=O)O)c(C(C)C)s1. The van der Waals surface area contributed by atoms with E-state index in [0.717, 1.165) is 11.3 Å². The molecular weight excluding hydrogens is 370 g/mol. The van der Waals surface area contributed by atoms with Crippen molar-refractivity contribution in [2.75, 3.05) is 5.32 Å². The lowest BCUT2D eigenvalue weighted by Crippen LogP contribution is -2.50. The molecule has 2 amide bonds. The van der Waals surface area contributed by atoms with Gasteiger partial charge in [0.2, 0.25) is 11.8 Å². The number of nitrogens with one attached hydrogen (secondary N) is 2. The van der Waals surface area contributed by atoms with Crippen molar-refractivity contribution in [3.05, 3.63) is 10.6 Å². The van der Waals surface area contributed by atoms with Crippen LogP contribution in [0.3, 0.4) is 0 Å². The Balaban J connectivity index is 2.95. The third kappa shape index (κ3) is 6.28. The van der Waals surface area contributed by atoms with Crippen molar-refractivity contribution in [1.82, 2.24) is 10.3 Å². The van der Waals surface area contributed by atoms with Crippen LogP contribution in [0.15, 0.2) is 0 Å². The van der Waals surface area contributed by atoms with E-state index in [-0.39, 0.29) is 16.7 Å². The molecule has 0 radical (unpaired) electrons. The molecule has 0 fully saturated rings. The first kappa shape index (κ1) is 23.0. The molecule has 0 saturated carbocycles. The summed E-state index contributed by atoms with van der Waals surface area (Å²) in [5, 5.41) is 24.7. The van der Waals surface area contributed by atoms with E-state index in [1.165, 1.54) is 0 Å². The molecule has 9 heteroatoms. The van der Waals surface area contributed by atoms with E-state index in [4.69, 9.17) is 0 Å². The Bertz CT molecular complexity index is 694. The zero-order chi connectivity index (χ0) is 20.9. The average molecular weight is 400 g/mol. The van der Waals surface area contributed by atoms with Crippen molar-refractivity contribution >= 4 is 34.3 Å². The Kier molecular flexibility index (Phi) is 7.91. The van der Waals surface area contributed by atoms with E-state index in [9.17, 15) is 24.6 Å². The molecule has 1 aromatic rings. The summed E-state index contributed by atoms with van der Waals surface area (Å²) in [6, 6.07) is -0.848. The highest BCUT2D eigenvalue weighted by Crippen LogP contribution is 2.30. The second-order valence-electron chi connectivity index (χ2n) is 7.80. The highest BCUT2D eigenvalue weighted by Gasteiger charge is 2.32. The van der Waals surface area contributed by atoms with Crippen molar-refractivity contribution in [3.8, 4) is 0 Å². The minimum Gasteiger partial charge on any atom is -0.476 e. The van der Waals surface area contributed by atoms with Crippen molar-refractivity contribution in [2.24, 2.45) is 5.41 Å². The highest BCUT2D eigenvalue weighted by atomic mass is 32.1. The highest BCUT2D eigenvalue weighted by molar-refractivity contribution is 7.16. The fourth-order valence-corrected chi connectivity index (χ4v) is 3.29. The standard InChI is InChI=1S/C18H29N3O5S/c1-7-8-10(19-15(24)13(22)18(4,5)6)14(23)21-17-20-11(16(25)26)12(27-17)9(2)3/h9-10,13,22H,7-8H2,1-6H3,(H,19,24)(H,25,26)(H,20,21,23)/t10-,13+/m0/s1. The molecule has 0 aliphatic heterocycles. The van der Waals surface area contributed by atoms with E-state index in [1.807, 2.05) is 20.8 Å². The van der Waals surface area contributed by atoms with Gasteiger partial charge in [-0.15, -0.1) is 11.3 Å². The van der Waals surface area contributed by atoms with E-state index in [0.29, 0.717) is 17.7 Å². The number of hydrogen-bond donors (Lipinski definition) is 4. The number of carbonyl (C=O) groups is 3. The summed E-state index contributed by atoms with van der Waals surface area (Å²) in [5.74, 6) is -2.31. The van der Waals surface area contributed by atoms with Crippen LogP contribution in [-0.2, 0) is 9.59 Å². The first-order valence-corrected chi connectivity index (χ1v) is 9.73. The largest absolute Gasteiger partial charge is 0.476 e. The molecule has 8 nitrogen and oxygen atoms in total. The third-order valence-corrected chi connectivity index (χ3v) is 5.16. The van der Waals surface area contributed by atoms with E-state index in [2.05, 4.69) is 15.6 Å². The number of hydrogen-bond acceptors (Lipinski definition) is 6. The summed E-state index contributed by atoms with van der Waals surface area (Å²) in [5.41, 5.74) is -0.737. The molecule has 0 aliphatic carbocycles. The normalized spacial score (nSPS) is 13.9. The van der Waals surface area contributed by atoms with Gasteiger partial charge in [0.15, 0.2) is 10.8 Å². The van der Waals surface area contributed by atoms with E-state index < -0.39 is 35.3 Å². The zero-order valence-corrected chi connectivity index (χ0v) is 17.4. The summed E-state index contributed by atoms with van der Waals surface area (Å²) in [6.07, 6.45) is -0.238. The van der Waals surface area contributed by atoms with Gasteiger partial charge in [0.25, 0.3) is 0 Å². The van der Waals surface area contributed by atoms with Gasteiger partial charge >= 0.3 is 5.97 Å². The summed E-state index contributed by atoms with van der Waals surface area (Å²) in [7, 11) is 0. The summed E-state index contributed by atoms with van der Waals surface area (Å²) in [6.45, 7) is 10.7. The maximum Gasteiger partial charge on any atom is 0.355 e. The number of aromatic carboxylic acids is 1. The number of aromatic nitrogens is 1. The van der Waals surface area contributed by atoms with Crippen molar-refractivity contribution in [1.29, 1.82) is 0 Å². The number of nitrogens with zero attached hydrogens (tertiary/aromatic N) is 1. The average Bonchev–Trinajstić information content (AvgIpc) is 2.97. The fourth-order valence-electron chi connectivity index (χ4n) is 2.32. The molecule has 0 bridgehead atoms. The molecular formula is C18H29N3O5S. The third-order valence-electron chi connectivity index (χ3n) is 3.89. The van der Waals surface area contributed by atoms with Gasteiger partial charge in [0, 0.05) is 4.88 Å². The summed E-state index contributed by atoms with van der Waals surface area (Å²) in [4.78, 5) is 40.7. The van der Waals surface area contributed by atoms with Crippen molar-refractivity contribution in [2.45, 2.75) is 72.4 Å². The molecule has 152 valence electrons. The number of carboxylic acid groups (broad SMARTS) is 1. The van der Waals surface area contributed by atoms with Crippen LogP contribution in [0.5, 0.6) is 0 Å². The van der Waals surface area contributed by atoms with Crippen LogP contribution >= 0.6 is 11.3 Å². The first-order valence-electron chi connectivity index (χ1n) is 8.91. The fraction of sp³-hybridized carbons (Fsp3) is 0.667. The van der Waals surface area contributed by atoms with E-state index in [1.54, 1.807) is 20.8 Å². The first-order chi connectivity index (χ1) is 12.4. The monoisotopic (exact) mass is 399 g/mol. The maximum absolute atomic E-state index is 12.6. The lowest BCUT2D eigenvalue weighted by atomic mass is 9.88. The topological polar surface area (TPSA) is 129 Å². The van der Waals surface area contributed by atoms with Gasteiger partial charge in [0.1, 0.15) is 12.1 Å². The van der Waals surface area contributed by atoms with Gasteiger partial charge in [-0.1, -0.05) is 48.0 Å². The van der Waals surface area contributed by atoms with Gasteiger partial charge in [0.05, 0.1) is 0 Å². The van der Waals surface area contributed by atoms with Gasteiger partial charge in [-0.2, -0.15) is 0 Å². The Morgan fingerprint density at radius 2 is 1.78 bits per heavy atom. The van der Waals surface area contributed by atoms with Gasteiger partial charge in [-0.05, 0) is 17.8 Å². The molecule has 0 saturated heterocycles. The van der Waals surface area contributed by atoms with Crippen LogP contribution in [0.1, 0.15) is 75.7 Å². The van der Waals surface area contributed by atoms with Crippen LogP contribution in [0, 0.1) is 5.41 Å². The molecule has 2 atom stereocenters. The molecule has 0 unspecified atom stereocenters. The van der Waals surface area contributed by atoms with E-state index >= 15 is 0 Å². The second kappa shape index (κ2) is 9.27. The molecule has 4 N–H and O–H groups in total. The molecule has 1 aromatic heterocycles. The van der Waals surface area contributed by atoms with Crippen LogP contribution < -0.4 is 10.6 Å². The lowest BCUT2D eigenvalue weighted by molar-refractivity contribution is -0.137. The Labute approximate surface area is 163 Å². The van der Waals surface area contributed by atoms with Gasteiger partial charge in [-0.3, -0.25) is 9.59 Å². The van der Waals surface area contributed by atoms with Crippen LogP contribution in [-0.4, -0.2) is 45.1 Å². The molecule has 0 aromatic carbocycles. The number of amides is 2. The Morgan fingerprint density at radius 3 is 2.19 bits per heavy atom. The number of anilines is 1. The quantitative estimate of drug-likeness (QED) is 0.532. The van der Waals surface area contributed by atoms with Crippen LogP contribution in [0.25, 0.3) is 0 Å². The molecule has 1 rings (SSSR count). The number of aliphatic hydroxyl groups is 1. The van der Waals surface area contributed by atoms with Crippen molar-refractivity contribution < 1.29 is 24.6 Å². The van der Waals surface area contributed by atoms with Gasteiger partial charge in [-0.25, -0.2) is 9.78 Å². The number of thiazole rings is 1. The maximum atomic E-state index is 12.6. The smallest absolute Gasteiger partial charge is 0.355 e. The molecule has 1 heterocycles. The number of rotatable bonds is 8. The van der Waals surface area contributed by atoms with Crippen molar-refractivity contribution in [3.63, 3.8) is 0 Å². The number of carboxylic acids is 1. The second-order valence-corrected chi connectivity index (χ2v) is 8.83. The molecule has 27 heavy (non-hydrogen) atoms. The number of carbonyl (C=O) groups excluding carboxylic acids is 2. The minimum absolute atomic E-state index is 0.0488. The summed E-state index contributed by atoms with van der Waals surface area (Å²) < 4.78 is 0. The molecule has 0 spiro atoms. The van der Waals surface area contributed by atoms with Gasteiger partial charge < -0.3 is 20.8 Å². The predicted molar refractivity (Wildman–Crippen MR) is 104 cm³/mol. The lowest BCUT2D eigenvalue weighted by Gasteiger charge is -2.26. The predicted octanol–water partition coefficient (Wildman–Crippen LogP) is 2.60.